The first-order valence-electron chi connectivity index (χ1n) is 11.5. The number of ketones is 1. The van der Waals surface area contributed by atoms with Crippen molar-refractivity contribution in [1.82, 2.24) is 0 Å². The molecule has 0 aromatic rings. The Bertz CT molecular complexity index is 471. The zero-order valence-electron chi connectivity index (χ0n) is 17.8. The highest BCUT2D eigenvalue weighted by atomic mass is 16.4. The van der Waals surface area contributed by atoms with Crippen molar-refractivity contribution in [3.63, 3.8) is 0 Å². The van der Waals surface area contributed by atoms with Gasteiger partial charge in [0.25, 0.3) is 0 Å². The lowest BCUT2D eigenvalue weighted by Crippen LogP contribution is -2.56. The van der Waals surface area contributed by atoms with Gasteiger partial charge >= 0.3 is 0 Å². The normalized spacial score (nSPS) is 25.1. The van der Waals surface area contributed by atoms with Gasteiger partial charge in [-0.1, -0.05) is 83.3 Å². The Kier molecular flexibility index (Phi) is 13.4. The number of aliphatic hydroxyl groups excluding tert-OH is 2. The van der Waals surface area contributed by atoms with Gasteiger partial charge in [-0.3, -0.25) is 4.79 Å². The summed E-state index contributed by atoms with van der Waals surface area (Å²) in [6.45, 7) is 2.25. The Hall–Kier alpha value is -0.970. The Morgan fingerprint density at radius 3 is 1.93 bits per heavy atom. The summed E-state index contributed by atoms with van der Waals surface area (Å²) < 4.78 is 0. The summed E-state index contributed by atoms with van der Waals surface area (Å²) in [6.07, 6.45) is 21.4. The van der Waals surface area contributed by atoms with Gasteiger partial charge in [0.2, 0.25) is 0 Å². The minimum atomic E-state index is -1.82. The number of hydrogen-bond acceptors (Lipinski definition) is 4. The number of aliphatic hydroxyl groups is 3. The standard InChI is InChI=1S/C24H42O4/c1-2-3-4-5-6-7-8-9-10-11-12-13-14-15-16-17-20-24(28)22(26)19-18-21(25)23(24)27/h8-9,18-19,21,23,25,27-28H,2-7,10-17,20H2,1H3/b9-8+/t21-,23+,24-/m1/s1. The highest BCUT2D eigenvalue weighted by molar-refractivity contribution is 5.98. The van der Waals surface area contributed by atoms with Crippen LogP contribution in [0.25, 0.3) is 0 Å². The van der Waals surface area contributed by atoms with E-state index in [1.54, 1.807) is 0 Å². The van der Waals surface area contributed by atoms with Crippen molar-refractivity contribution in [3.8, 4) is 0 Å². The van der Waals surface area contributed by atoms with Crippen LogP contribution in [0.3, 0.4) is 0 Å². The molecule has 1 aliphatic rings. The highest BCUT2D eigenvalue weighted by Crippen LogP contribution is 2.27. The molecule has 4 heteroatoms. The molecule has 3 N–H and O–H groups in total. The third-order valence-corrected chi connectivity index (χ3v) is 5.75. The molecule has 162 valence electrons. The molecule has 0 saturated heterocycles. The largest absolute Gasteiger partial charge is 0.387 e. The van der Waals surface area contributed by atoms with Crippen LogP contribution in [0.15, 0.2) is 24.3 Å². The van der Waals surface area contributed by atoms with E-state index in [4.69, 9.17) is 0 Å². The SMILES string of the molecule is CCCCCCC/C=C/CCCCCCCCC[C@@]1(O)C(=O)C=C[C@@H](O)[C@@H]1O. The van der Waals surface area contributed by atoms with Crippen molar-refractivity contribution < 1.29 is 20.1 Å². The zero-order chi connectivity index (χ0) is 20.7. The molecule has 0 bridgehead atoms. The number of carbonyl (C=O) groups excluding carboxylic acids is 1. The fraction of sp³-hybridized carbons (Fsp3) is 0.792. The van der Waals surface area contributed by atoms with Crippen LogP contribution in [-0.2, 0) is 4.79 Å². The maximum absolute atomic E-state index is 11.9. The predicted octanol–water partition coefficient (Wildman–Crippen LogP) is 5.01. The van der Waals surface area contributed by atoms with E-state index in [0.717, 1.165) is 12.8 Å². The molecule has 0 aliphatic heterocycles. The summed E-state index contributed by atoms with van der Waals surface area (Å²) in [5.74, 6) is -0.501. The topological polar surface area (TPSA) is 77.8 Å². The van der Waals surface area contributed by atoms with Crippen molar-refractivity contribution in [2.24, 2.45) is 0 Å². The van der Waals surface area contributed by atoms with Crippen LogP contribution in [0.4, 0.5) is 0 Å². The molecule has 3 atom stereocenters. The molecule has 0 spiro atoms. The summed E-state index contributed by atoms with van der Waals surface area (Å²) in [7, 11) is 0. The molecule has 0 fully saturated rings. The molecule has 0 aromatic heterocycles. The van der Waals surface area contributed by atoms with Gasteiger partial charge in [0.05, 0.1) is 0 Å². The smallest absolute Gasteiger partial charge is 0.189 e. The lowest BCUT2D eigenvalue weighted by Gasteiger charge is -2.35. The number of carbonyl (C=O) groups is 1. The van der Waals surface area contributed by atoms with Gasteiger partial charge in [0.15, 0.2) is 11.4 Å². The summed E-state index contributed by atoms with van der Waals surface area (Å²) in [5, 5.41) is 29.9. The highest BCUT2D eigenvalue weighted by Gasteiger charge is 2.46. The van der Waals surface area contributed by atoms with E-state index < -0.39 is 23.6 Å². The summed E-state index contributed by atoms with van der Waals surface area (Å²) >= 11 is 0. The van der Waals surface area contributed by atoms with Gasteiger partial charge < -0.3 is 15.3 Å². The summed E-state index contributed by atoms with van der Waals surface area (Å²) in [4.78, 5) is 11.9. The Morgan fingerprint density at radius 2 is 1.36 bits per heavy atom. The fourth-order valence-corrected chi connectivity index (χ4v) is 3.78. The summed E-state index contributed by atoms with van der Waals surface area (Å²) in [6, 6.07) is 0. The number of hydrogen-bond donors (Lipinski definition) is 3. The van der Waals surface area contributed by atoms with Gasteiger partial charge in [-0.05, 0) is 44.3 Å². The number of allylic oxidation sites excluding steroid dienone is 2. The molecule has 28 heavy (non-hydrogen) atoms. The second-order valence-electron chi connectivity index (χ2n) is 8.27. The van der Waals surface area contributed by atoms with Crippen LogP contribution in [0.2, 0.25) is 0 Å². The minimum absolute atomic E-state index is 0.206. The van der Waals surface area contributed by atoms with Gasteiger partial charge in [-0.2, -0.15) is 0 Å². The number of rotatable bonds is 16. The van der Waals surface area contributed by atoms with Gasteiger partial charge in [0.1, 0.15) is 12.2 Å². The zero-order valence-corrected chi connectivity index (χ0v) is 17.8. The van der Waals surface area contributed by atoms with E-state index in [9.17, 15) is 20.1 Å². The fourth-order valence-electron chi connectivity index (χ4n) is 3.78. The average molecular weight is 395 g/mol. The Balaban J connectivity index is 1.94. The Labute approximate surface area is 171 Å². The third kappa shape index (κ3) is 9.49. The maximum atomic E-state index is 11.9. The molecular formula is C24H42O4. The minimum Gasteiger partial charge on any atom is -0.387 e. The average Bonchev–Trinajstić information content (AvgIpc) is 2.69. The van der Waals surface area contributed by atoms with E-state index >= 15 is 0 Å². The van der Waals surface area contributed by atoms with Crippen LogP contribution >= 0.6 is 0 Å². The second-order valence-corrected chi connectivity index (χ2v) is 8.27. The van der Waals surface area contributed by atoms with E-state index in [-0.39, 0.29) is 6.42 Å². The van der Waals surface area contributed by atoms with Crippen molar-refractivity contribution in [2.75, 3.05) is 0 Å². The van der Waals surface area contributed by atoms with Crippen molar-refractivity contribution in [2.45, 2.75) is 121 Å². The molecule has 4 nitrogen and oxygen atoms in total. The third-order valence-electron chi connectivity index (χ3n) is 5.75. The van der Waals surface area contributed by atoms with Crippen LogP contribution < -0.4 is 0 Å². The summed E-state index contributed by atoms with van der Waals surface area (Å²) in [5.41, 5.74) is -1.82. The molecule has 0 aromatic carbocycles. The lowest BCUT2D eigenvalue weighted by atomic mass is 9.80. The van der Waals surface area contributed by atoms with Gasteiger partial charge in [0, 0.05) is 0 Å². The van der Waals surface area contributed by atoms with Crippen LogP contribution in [0.1, 0.15) is 103 Å². The maximum Gasteiger partial charge on any atom is 0.189 e. The van der Waals surface area contributed by atoms with E-state index in [0.29, 0.717) is 6.42 Å². The van der Waals surface area contributed by atoms with Crippen molar-refractivity contribution in [3.05, 3.63) is 24.3 Å². The van der Waals surface area contributed by atoms with Crippen LogP contribution in [0, 0.1) is 0 Å². The first-order valence-corrected chi connectivity index (χ1v) is 11.5. The van der Waals surface area contributed by atoms with E-state index in [1.165, 1.54) is 82.8 Å². The molecule has 0 amide bonds. The molecule has 0 radical (unpaired) electrons. The lowest BCUT2D eigenvalue weighted by molar-refractivity contribution is -0.158. The first kappa shape index (κ1) is 25.1. The van der Waals surface area contributed by atoms with Crippen LogP contribution in [-0.4, -0.2) is 38.9 Å². The molecule has 1 rings (SSSR count). The molecule has 0 unspecified atom stereocenters. The van der Waals surface area contributed by atoms with E-state index in [2.05, 4.69) is 19.1 Å². The predicted molar refractivity (Wildman–Crippen MR) is 115 cm³/mol. The number of unbranched alkanes of at least 4 members (excludes halogenated alkanes) is 12. The molecule has 0 saturated carbocycles. The quantitative estimate of drug-likeness (QED) is 0.254. The van der Waals surface area contributed by atoms with Crippen molar-refractivity contribution >= 4 is 5.78 Å². The monoisotopic (exact) mass is 394 g/mol. The van der Waals surface area contributed by atoms with Crippen molar-refractivity contribution in [1.29, 1.82) is 0 Å². The molecule has 0 heterocycles. The van der Waals surface area contributed by atoms with Crippen LogP contribution in [0.5, 0.6) is 0 Å². The van der Waals surface area contributed by atoms with E-state index in [1.807, 2.05) is 0 Å². The first-order chi connectivity index (χ1) is 13.5. The Morgan fingerprint density at radius 1 is 0.857 bits per heavy atom. The molecule has 1 aliphatic carbocycles. The van der Waals surface area contributed by atoms with Gasteiger partial charge in [-0.15, -0.1) is 0 Å². The van der Waals surface area contributed by atoms with Gasteiger partial charge in [-0.25, -0.2) is 0 Å². The second kappa shape index (κ2) is 14.9. The molecular weight excluding hydrogens is 352 g/mol.